The molecule has 2 aromatic carbocycles. The maximum atomic E-state index is 4.48. The summed E-state index contributed by atoms with van der Waals surface area (Å²) in [5, 5.41) is 13.7. The molecule has 0 aliphatic carbocycles. The maximum absolute atomic E-state index is 4.48. The lowest BCUT2D eigenvalue weighted by Gasteiger charge is -1.96. The third-order valence-corrected chi connectivity index (χ3v) is 4.99. The molecule has 5 nitrogen and oxygen atoms in total. The Morgan fingerprint density at radius 3 is 2.54 bits per heavy atom. The zero-order valence-electron chi connectivity index (χ0n) is 12.5. The summed E-state index contributed by atoms with van der Waals surface area (Å²) >= 11 is 5.06. The number of tetrazole rings is 1. The summed E-state index contributed by atoms with van der Waals surface area (Å²) in [6, 6.07) is 18.0. The SMILES string of the molecule is Brc1ccc(-c2nnn(Cc3cnc(-c4ccccc4)s3)n2)cc1. The molecule has 2 aromatic heterocycles. The van der Waals surface area contributed by atoms with E-state index in [0.29, 0.717) is 12.4 Å². The quantitative estimate of drug-likeness (QED) is 0.515. The average molecular weight is 398 g/mol. The Morgan fingerprint density at radius 2 is 1.75 bits per heavy atom. The lowest BCUT2D eigenvalue weighted by molar-refractivity contribution is 0.577. The molecule has 118 valence electrons. The highest BCUT2D eigenvalue weighted by Crippen LogP contribution is 2.25. The van der Waals surface area contributed by atoms with Gasteiger partial charge in [0.1, 0.15) is 5.01 Å². The van der Waals surface area contributed by atoms with Crippen molar-refractivity contribution in [1.29, 1.82) is 0 Å². The number of hydrogen-bond donors (Lipinski definition) is 0. The molecule has 0 atom stereocenters. The smallest absolute Gasteiger partial charge is 0.204 e. The van der Waals surface area contributed by atoms with E-state index in [4.69, 9.17) is 0 Å². The van der Waals surface area contributed by atoms with Crippen molar-refractivity contribution in [2.45, 2.75) is 6.54 Å². The van der Waals surface area contributed by atoms with Gasteiger partial charge in [-0.15, -0.1) is 21.5 Å². The lowest BCUT2D eigenvalue weighted by Crippen LogP contribution is -2.02. The fourth-order valence-electron chi connectivity index (χ4n) is 2.26. The van der Waals surface area contributed by atoms with E-state index in [1.165, 1.54) is 0 Å². The number of hydrogen-bond acceptors (Lipinski definition) is 5. The highest BCUT2D eigenvalue weighted by Gasteiger charge is 2.09. The molecule has 0 aliphatic rings. The number of aromatic nitrogens is 5. The van der Waals surface area contributed by atoms with Crippen LogP contribution in [0.5, 0.6) is 0 Å². The van der Waals surface area contributed by atoms with Gasteiger partial charge in [0.15, 0.2) is 0 Å². The van der Waals surface area contributed by atoms with Gasteiger partial charge in [-0.3, -0.25) is 0 Å². The van der Waals surface area contributed by atoms with Crippen molar-refractivity contribution < 1.29 is 0 Å². The van der Waals surface area contributed by atoms with E-state index >= 15 is 0 Å². The second-order valence-corrected chi connectivity index (χ2v) is 7.18. The van der Waals surface area contributed by atoms with Crippen LogP contribution in [0.25, 0.3) is 22.0 Å². The van der Waals surface area contributed by atoms with Crippen LogP contribution in [-0.4, -0.2) is 25.2 Å². The van der Waals surface area contributed by atoms with Crippen molar-refractivity contribution in [1.82, 2.24) is 25.2 Å². The molecule has 7 heteroatoms. The molecular weight excluding hydrogens is 386 g/mol. The fraction of sp³-hybridized carbons (Fsp3) is 0.0588. The number of benzene rings is 2. The molecular formula is C17H12BrN5S. The van der Waals surface area contributed by atoms with Crippen LogP contribution in [0, 0.1) is 0 Å². The summed E-state index contributed by atoms with van der Waals surface area (Å²) in [5.41, 5.74) is 2.06. The van der Waals surface area contributed by atoms with Gasteiger partial charge in [0.05, 0.1) is 6.54 Å². The van der Waals surface area contributed by atoms with Gasteiger partial charge in [0.2, 0.25) is 5.82 Å². The van der Waals surface area contributed by atoms with Crippen molar-refractivity contribution in [3.05, 3.63) is 70.1 Å². The second kappa shape index (κ2) is 6.62. The van der Waals surface area contributed by atoms with Crippen molar-refractivity contribution in [2.24, 2.45) is 0 Å². The predicted octanol–water partition coefficient (Wildman–Crippen LogP) is 4.27. The van der Waals surface area contributed by atoms with Crippen molar-refractivity contribution in [3.8, 4) is 22.0 Å². The standard InChI is InChI=1S/C17H12BrN5S/c18-14-8-6-12(7-9-14)16-20-22-23(21-16)11-15-10-19-17(24-15)13-4-2-1-3-5-13/h1-10H,11H2. The van der Waals surface area contributed by atoms with Gasteiger partial charge in [-0.2, -0.15) is 4.80 Å². The van der Waals surface area contributed by atoms with Gasteiger partial charge in [0, 0.05) is 26.7 Å². The highest BCUT2D eigenvalue weighted by atomic mass is 79.9. The minimum Gasteiger partial charge on any atom is -0.244 e. The molecule has 2 heterocycles. The van der Waals surface area contributed by atoms with Gasteiger partial charge in [-0.25, -0.2) is 4.98 Å². The average Bonchev–Trinajstić information content (AvgIpc) is 3.27. The molecule has 0 amide bonds. The molecule has 0 saturated carbocycles. The van der Waals surface area contributed by atoms with E-state index in [0.717, 1.165) is 25.5 Å². The molecule has 0 spiro atoms. The Labute approximate surface area is 151 Å². The van der Waals surface area contributed by atoms with Crippen molar-refractivity contribution >= 4 is 27.3 Å². The van der Waals surface area contributed by atoms with Crippen LogP contribution in [0.3, 0.4) is 0 Å². The van der Waals surface area contributed by atoms with Gasteiger partial charge in [-0.05, 0) is 29.5 Å². The first-order chi connectivity index (χ1) is 11.8. The van der Waals surface area contributed by atoms with Crippen molar-refractivity contribution in [3.63, 3.8) is 0 Å². The highest BCUT2D eigenvalue weighted by molar-refractivity contribution is 9.10. The monoisotopic (exact) mass is 397 g/mol. The normalized spacial score (nSPS) is 10.9. The van der Waals surface area contributed by atoms with E-state index in [2.05, 4.69) is 48.5 Å². The largest absolute Gasteiger partial charge is 0.244 e. The first kappa shape index (κ1) is 15.2. The predicted molar refractivity (Wildman–Crippen MR) is 97.6 cm³/mol. The third kappa shape index (κ3) is 3.27. The molecule has 0 bridgehead atoms. The zero-order valence-corrected chi connectivity index (χ0v) is 14.9. The first-order valence-electron chi connectivity index (χ1n) is 7.32. The number of rotatable bonds is 4. The molecule has 0 radical (unpaired) electrons. The summed E-state index contributed by atoms with van der Waals surface area (Å²) in [5.74, 6) is 0.621. The van der Waals surface area contributed by atoms with Gasteiger partial charge in [-0.1, -0.05) is 46.3 Å². The fourth-order valence-corrected chi connectivity index (χ4v) is 3.42. The van der Waals surface area contributed by atoms with Crippen molar-refractivity contribution in [2.75, 3.05) is 0 Å². The summed E-state index contributed by atoms with van der Waals surface area (Å²) in [6.45, 7) is 0.564. The summed E-state index contributed by atoms with van der Waals surface area (Å²) in [7, 11) is 0. The van der Waals surface area contributed by atoms with Gasteiger partial charge < -0.3 is 0 Å². The summed E-state index contributed by atoms with van der Waals surface area (Å²) in [6.07, 6.45) is 1.87. The minimum atomic E-state index is 0.564. The Morgan fingerprint density at radius 1 is 0.958 bits per heavy atom. The molecule has 0 saturated heterocycles. The van der Waals surface area contributed by atoms with Gasteiger partial charge >= 0.3 is 0 Å². The molecule has 0 fully saturated rings. The van der Waals surface area contributed by atoms with Crippen LogP contribution >= 0.6 is 27.3 Å². The maximum Gasteiger partial charge on any atom is 0.204 e. The number of nitrogens with zero attached hydrogens (tertiary/aromatic N) is 5. The second-order valence-electron chi connectivity index (χ2n) is 5.15. The topological polar surface area (TPSA) is 56.5 Å². The van der Waals surface area contributed by atoms with Crippen LogP contribution in [0.2, 0.25) is 0 Å². The minimum absolute atomic E-state index is 0.564. The van der Waals surface area contributed by atoms with E-state index in [1.807, 2.05) is 48.7 Å². The molecule has 24 heavy (non-hydrogen) atoms. The number of thiazole rings is 1. The van der Waals surface area contributed by atoms with Gasteiger partial charge in [0.25, 0.3) is 0 Å². The first-order valence-corrected chi connectivity index (χ1v) is 8.93. The Bertz CT molecular complexity index is 947. The molecule has 0 unspecified atom stereocenters. The van der Waals surface area contributed by atoms with E-state index in [1.54, 1.807) is 16.1 Å². The molecule has 4 aromatic rings. The Kier molecular flexibility index (Phi) is 4.18. The Hall–Kier alpha value is -2.38. The van der Waals surface area contributed by atoms with Crippen LogP contribution in [0.4, 0.5) is 0 Å². The van der Waals surface area contributed by atoms with Crippen LogP contribution in [-0.2, 0) is 6.54 Å². The third-order valence-electron chi connectivity index (χ3n) is 3.43. The molecule has 4 rings (SSSR count). The van der Waals surface area contributed by atoms with Crippen LogP contribution in [0.1, 0.15) is 4.88 Å². The van der Waals surface area contributed by atoms with E-state index < -0.39 is 0 Å². The molecule has 0 N–H and O–H groups in total. The van der Waals surface area contributed by atoms with E-state index in [9.17, 15) is 0 Å². The van der Waals surface area contributed by atoms with Crippen LogP contribution < -0.4 is 0 Å². The van der Waals surface area contributed by atoms with E-state index in [-0.39, 0.29) is 0 Å². The Balaban J connectivity index is 1.52. The van der Waals surface area contributed by atoms with Crippen LogP contribution in [0.15, 0.2) is 65.3 Å². The summed E-state index contributed by atoms with van der Waals surface area (Å²) < 4.78 is 1.02. The zero-order chi connectivity index (χ0) is 16.4. The summed E-state index contributed by atoms with van der Waals surface area (Å²) in [4.78, 5) is 7.17. The molecule has 0 aliphatic heterocycles. The lowest BCUT2D eigenvalue weighted by atomic mass is 10.2. The number of halogens is 1.